The normalized spacial score (nSPS) is 31.3. The molecule has 106 valence electrons. The van der Waals surface area contributed by atoms with Crippen LogP contribution >= 0.6 is 0 Å². The molecule has 0 aliphatic heterocycles. The highest BCUT2D eigenvalue weighted by Gasteiger charge is 2.52. The Kier molecular flexibility index (Phi) is 3.41. The Morgan fingerprint density at radius 3 is 2.95 bits per heavy atom. The van der Waals surface area contributed by atoms with Crippen LogP contribution in [-0.2, 0) is 14.9 Å². The molecule has 0 spiro atoms. The van der Waals surface area contributed by atoms with Gasteiger partial charge in [0.2, 0.25) is 0 Å². The molecule has 2 aliphatic carbocycles. The Morgan fingerprint density at radius 2 is 2.15 bits per heavy atom. The lowest BCUT2D eigenvalue weighted by atomic mass is 9.56. The van der Waals surface area contributed by atoms with E-state index in [1.807, 2.05) is 13.0 Å². The minimum atomic E-state index is -0.451. The van der Waals surface area contributed by atoms with Crippen molar-refractivity contribution in [2.24, 2.45) is 5.92 Å². The zero-order valence-corrected chi connectivity index (χ0v) is 12.3. The predicted molar refractivity (Wildman–Crippen MR) is 79.6 cm³/mol. The van der Waals surface area contributed by atoms with Crippen molar-refractivity contribution >= 4 is 5.97 Å². The Morgan fingerprint density at radius 1 is 1.35 bits per heavy atom. The molecular weight excluding hydrogens is 248 g/mol. The molecule has 2 nitrogen and oxygen atoms in total. The highest BCUT2D eigenvalue weighted by molar-refractivity contribution is 5.85. The number of benzene rings is 1. The molecule has 1 aromatic rings. The van der Waals surface area contributed by atoms with Crippen LogP contribution in [-0.4, -0.2) is 12.6 Å². The van der Waals surface area contributed by atoms with E-state index in [0.29, 0.717) is 18.4 Å². The summed E-state index contributed by atoms with van der Waals surface area (Å²) in [5.41, 5.74) is 2.08. The van der Waals surface area contributed by atoms with Crippen LogP contribution in [0.15, 0.2) is 36.4 Å². The third-order valence-corrected chi connectivity index (χ3v) is 4.97. The molecule has 0 saturated heterocycles. The van der Waals surface area contributed by atoms with E-state index in [1.54, 1.807) is 0 Å². The van der Waals surface area contributed by atoms with Gasteiger partial charge in [-0.25, -0.2) is 0 Å². The summed E-state index contributed by atoms with van der Waals surface area (Å²) in [6.07, 6.45) is 7.21. The topological polar surface area (TPSA) is 26.3 Å². The first-order chi connectivity index (χ1) is 9.70. The van der Waals surface area contributed by atoms with Crippen LogP contribution in [0, 0.1) is 5.92 Å². The van der Waals surface area contributed by atoms with E-state index in [4.69, 9.17) is 4.74 Å². The molecule has 2 heteroatoms. The average Bonchev–Trinajstić information content (AvgIpc) is 2.48. The number of carbonyl (C=O) groups is 1. The van der Waals surface area contributed by atoms with Gasteiger partial charge in [0.25, 0.3) is 0 Å². The van der Waals surface area contributed by atoms with Gasteiger partial charge < -0.3 is 4.74 Å². The van der Waals surface area contributed by atoms with Gasteiger partial charge in [0.1, 0.15) is 0 Å². The van der Waals surface area contributed by atoms with Gasteiger partial charge in [-0.1, -0.05) is 43.3 Å². The molecule has 0 heterocycles. The zero-order chi connectivity index (χ0) is 14.2. The number of rotatable bonds is 2. The van der Waals surface area contributed by atoms with E-state index in [1.165, 1.54) is 11.1 Å². The smallest absolute Gasteiger partial charge is 0.317 e. The number of carbonyl (C=O) groups excluding carboxylic acids is 1. The van der Waals surface area contributed by atoms with Gasteiger partial charge in [-0.05, 0) is 49.1 Å². The number of esters is 1. The number of fused-ring (bicyclic) bond motifs is 3. The summed E-state index contributed by atoms with van der Waals surface area (Å²) in [6, 6.07) is 8.43. The van der Waals surface area contributed by atoms with Crippen molar-refractivity contribution < 1.29 is 9.53 Å². The van der Waals surface area contributed by atoms with Crippen molar-refractivity contribution in [1.82, 2.24) is 0 Å². The number of allylic oxidation sites excluding steroid dienone is 2. The number of ether oxygens (including phenoxy) is 1. The van der Waals surface area contributed by atoms with E-state index in [0.717, 1.165) is 19.3 Å². The van der Waals surface area contributed by atoms with Crippen LogP contribution in [0.25, 0.3) is 0 Å². The van der Waals surface area contributed by atoms with Crippen LogP contribution in [0.5, 0.6) is 0 Å². The Labute approximate surface area is 120 Å². The maximum atomic E-state index is 12.8. The molecule has 0 unspecified atom stereocenters. The Bertz CT molecular complexity index is 546. The molecule has 3 atom stereocenters. The molecule has 2 aliphatic rings. The van der Waals surface area contributed by atoms with E-state index < -0.39 is 5.41 Å². The second-order valence-electron chi connectivity index (χ2n) is 6.02. The predicted octanol–water partition coefficient (Wildman–Crippen LogP) is 3.96. The third-order valence-electron chi connectivity index (χ3n) is 4.97. The fourth-order valence-electron chi connectivity index (χ4n) is 4.03. The van der Waals surface area contributed by atoms with Crippen molar-refractivity contribution in [3.63, 3.8) is 0 Å². The van der Waals surface area contributed by atoms with Gasteiger partial charge in [0.15, 0.2) is 0 Å². The summed E-state index contributed by atoms with van der Waals surface area (Å²) in [6.45, 7) is 4.61. The van der Waals surface area contributed by atoms with Crippen LogP contribution in [0.1, 0.15) is 50.2 Å². The lowest BCUT2D eigenvalue weighted by molar-refractivity contribution is -0.153. The van der Waals surface area contributed by atoms with Gasteiger partial charge in [-0.15, -0.1) is 0 Å². The molecule has 1 aromatic carbocycles. The van der Waals surface area contributed by atoms with Crippen molar-refractivity contribution in [3.8, 4) is 0 Å². The van der Waals surface area contributed by atoms with Crippen LogP contribution in [0.4, 0.5) is 0 Å². The highest BCUT2D eigenvalue weighted by atomic mass is 16.5. The molecular formula is C18H22O2. The largest absolute Gasteiger partial charge is 0.465 e. The monoisotopic (exact) mass is 270 g/mol. The fourth-order valence-corrected chi connectivity index (χ4v) is 4.03. The van der Waals surface area contributed by atoms with E-state index in [-0.39, 0.29) is 5.97 Å². The lowest BCUT2D eigenvalue weighted by Gasteiger charge is -2.46. The van der Waals surface area contributed by atoms with Crippen molar-refractivity contribution in [2.75, 3.05) is 6.61 Å². The van der Waals surface area contributed by atoms with Crippen LogP contribution < -0.4 is 0 Å². The van der Waals surface area contributed by atoms with Gasteiger partial charge in [-0.3, -0.25) is 4.79 Å². The summed E-state index contributed by atoms with van der Waals surface area (Å²) >= 11 is 0. The second kappa shape index (κ2) is 5.08. The summed E-state index contributed by atoms with van der Waals surface area (Å²) < 4.78 is 5.46. The first-order valence-corrected chi connectivity index (χ1v) is 7.61. The summed E-state index contributed by atoms with van der Waals surface area (Å²) in [7, 11) is 0. The SMILES string of the molecule is CCOC(=O)[C@]12CC=CC[C@@H]1C[C@@H](C)c1ccccc12. The average molecular weight is 270 g/mol. The molecule has 3 rings (SSSR count). The maximum Gasteiger partial charge on any atom is 0.317 e. The third kappa shape index (κ3) is 1.81. The molecule has 0 bridgehead atoms. The quantitative estimate of drug-likeness (QED) is 0.600. The Hall–Kier alpha value is -1.57. The minimum absolute atomic E-state index is 0.0336. The molecule has 0 radical (unpaired) electrons. The zero-order valence-electron chi connectivity index (χ0n) is 12.3. The van der Waals surface area contributed by atoms with Crippen molar-refractivity contribution in [2.45, 2.75) is 44.4 Å². The van der Waals surface area contributed by atoms with Gasteiger partial charge >= 0.3 is 5.97 Å². The van der Waals surface area contributed by atoms with Crippen LogP contribution in [0.3, 0.4) is 0 Å². The van der Waals surface area contributed by atoms with Gasteiger partial charge in [0, 0.05) is 0 Å². The number of hydrogen-bond acceptors (Lipinski definition) is 2. The van der Waals surface area contributed by atoms with Gasteiger partial charge in [0.05, 0.1) is 12.0 Å². The van der Waals surface area contributed by atoms with Crippen LogP contribution in [0.2, 0.25) is 0 Å². The first-order valence-electron chi connectivity index (χ1n) is 7.61. The molecule has 0 saturated carbocycles. The van der Waals surface area contributed by atoms with E-state index >= 15 is 0 Å². The summed E-state index contributed by atoms with van der Waals surface area (Å²) in [5, 5.41) is 0. The molecule has 0 fully saturated rings. The van der Waals surface area contributed by atoms with Gasteiger partial charge in [-0.2, -0.15) is 0 Å². The second-order valence-corrected chi connectivity index (χ2v) is 6.02. The molecule has 0 amide bonds. The first kappa shape index (κ1) is 13.4. The standard InChI is InChI=1S/C18H22O2/c1-3-20-17(19)18-11-7-6-8-14(18)12-13(2)15-9-4-5-10-16(15)18/h4-7,9-10,13-14H,3,8,11-12H2,1-2H3/t13-,14-,18-/m1/s1. The number of hydrogen-bond donors (Lipinski definition) is 0. The molecule has 0 N–H and O–H groups in total. The van der Waals surface area contributed by atoms with E-state index in [2.05, 4.69) is 37.3 Å². The maximum absolute atomic E-state index is 12.8. The van der Waals surface area contributed by atoms with Crippen molar-refractivity contribution in [1.29, 1.82) is 0 Å². The summed E-state index contributed by atoms with van der Waals surface area (Å²) in [5.74, 6) is 0.857. The lowest BCUT2D eigenvalue weighted by Crippen LogP contribution is -2.48. The van der Waals surface area contributed by atoms with Crippen molar-refractivity contribution in [3.05, 3.63) is 47.5 Å². The molecule has 0 aromatic heterocycles. The van der Waals surface area contributed by atoms with E-state index in [9.17, 15) is 4.79 Å². The fraction of sp³-hybridized carbons (Fsp3) is 0.500. The minimum Gasteiger partial charge on any atom is -0.465 e. The molecule has 20 heavy (non-hydrogen) atoms. The Balaban J connectivity index is 2.17. The summed E-state index contributed by atoms with van der Waals surface area (Å²) in [4.78, 5) is 12.8. The highest BCUT2D eigenvalue weighted by Crippen LogP contribution is 2.52.